The summed E-state index contributed by atoms with van der Waals surface area (Å²) in [6, 6.07) is 17.1. The normalized spacial score (nSPS) is 11.7. The zero-order chi connectivity index (χ0) is 20.5. The molecule has 2 aromatic carbocycles. The molecular weight excluding hydrogens is 366 g/mol. The SMILES string of the molecule is CCOc1ccc(OCCCC(=O)N[C@H](c2ccccc2)c2nccn2C)cc1. The Hall–Kier alpha value is -3.28. The summed E-state index contributed by atoms with van der Waals surface area (Å²) in [7, 11) is 1.93. The number of nitrogens with zero attached hydrogens (tertiary/aromatic N) is 2. The van der Waals surface area contributed by atoms with Crippen molar-refractivity contribution in [3.63, 3.8) is 0 Å². The molecule has 1 aromatic heterocycles. The summed E-state index contributed by atoms with van der Waals surface area (Å²) in [5.41, 5.74) is 1.00. The highest BCUT2D eigenvalue weighted by atomic mass is 16.5. The van der Waals surface area contributed by atoms with E-state index in [1.54, 1.807) is 6.20 Å². The highest BCUT2D eigenvalue weighted by molar-refractivity contribution is 5.76. The molecule has 0 saturated heterocycles. The Balaban J connectivity index is 1.51. The Morgan fingerprint density at radius 1 is 1.07 bits per heavy atom. The molecule has 0 radical (unpaired) electrons. The first-order valence-electron chi connectivity index (χ1n) is 9.84. The molecular formula is C23H27N3O3. The van der Waals surface area contributed by atoms with Gasteiger partial charge in [0.15, 0.2) is 0 Å². The summed E-state index contributed by atoms with van der Waals surface area (Å²) in [6.07, 6.45) is 4.62. The van der Waals surface area contributed by atoms with Crippen LogP contribution in [0.4, 0.5) is 0 Å². The Morgan fingerprint density at radius 2 is 1.76 bits per heavy atom. The minimum Gasteiger partial charge on any atom is -0.494 e. The molecule has 0 aliphatic heterocycles. The van der Waals surface area contributed by atoms with Crippen LogP contribution in [0, 0.1) is 0 Å². The topological polar surface area (TPSA) is 65.4 Å². The molecule has 6 nitrogen and oxygen atoms in total. The third-order valence-electron chi connectivity index (χ3n) is 4.51. The van der Waals surface area contributed by atoms with E-state index in [1.807, 2.05) is 79.3 Å². The molecule has 0 aliphatic carbocycles. The predicted molar refractivity (Wildman–Crippen MR) is 112 cm³/mol. The number of hydrogen-bond donors (Lipinski definition) is 1. The van der Waals surface area contributed by atoms with Crippen LogP contribution < -0.4 is 14.8 Å². The standard InChI is InChI=1S/C23H27N3O3/c1-3-28-19-11-13-20(14-12-19)29-17-7-10-21(27)25-22(18-8-5-4-6-9-18)23-24-15-16-26(23)2/h4-6,8-9,11-16,22H,3,7,10,17H2,1-2H3,(H,25,27)/t22-/m1/s1. The number of benzene rings is 2. The summed E-state index contributed by atoms with van der Waals surface area (Å²) in [4.78, 5) is 17.0. The fourth-order valence-corrected chi connectivity index (χ4v) is 3.05. The number of carbonyl (C=O) groups is 1. The largest absolute Gasteiger partial charge is 0.494 e. The van der Waals surface area contributed by atoms with Gasteiger partial charge in [-0.2, -0.15) is 0 Å². The number of nitrogens with one attached hydrogen (secondary N) is 1. The van der Waals surface area contributed by atoms with Crippen LogP contribution in [0.3, 0.4) is 0 Å². The van der Waals surface area contributed by atoms with Gasteiger partial charge in [-0.25, -0.2) is 4.98 Å². The number of hydrogen-bond acceptors (Lipinski definition) is 4. The van der Waals surface area contributed by atoms with E-state index in [9.17, 15) is 4.79 Å². The number of imidazole rings is 1. The van der Waals surface area contributed by atoms with Crippen molar-refractivity contribution in [1.82, 2.24) is 14.9 Å². The molecule has 0 bridgehead atoms. The van der Waals surface area contributed by atoms with E-state index in [-0.39, 0.29) is 11.9 Å². The van der Waals surface area contributed by atoms with Gasteiger partial charge < -0.3 is 19.4 Å². The summed E-state index contributed by atoms with van der Waals surface area (Å²) < 4.78 is 13.1. The fourth-order valence-electron chi connectivity index (χ4n) is 3.05. The Morgan fingerprint density at radius 3 is 2.38 bits per heavy atom. The molecule has 6 heteroatoms. The molecule has 0 spiro atoms. The number of aryl methyl sites for hydroxylation is 1. The van der Waals surface area contributed by atoms with Crippen LogP contribution in [0.5, 0.6) is 11.5 Å². The van der Waals surface area contributed by atoms with Crippen LogP contribution in [-0.4, -0.2) is 28.7 Å². The lowest BCUT2D eigenvalue weighted by molar-refractivity contribution is -0.121. The van der Waals surface area contributed by atoms with Crippen LogP contribution in [0.25, 0.3) is 0 Å². The van der Waals surface area contributed by atoms with E-state index in [4.69, 9.17) is 9.47 Å². The molecule has 1 amide bonds. The first-order chi connectivity index (χ1) is 14.2. The van der Waals surface area contributed by atoms with Crippen LogP contribution in [0.15, 0.2) is 67.0 Å². The van der Waals surface area contributed by atoms with Gasteiger partial charge in [0.05, 0.1) is 13.2 Å². The van der Waals surface area contributed by atoms with E-state index in [2.05, 4.69) is 10.3 Å². The van der Waals surface area contributed by atoms with Gasteiger partial charge in [0.25, 0.3) is 0 Å². The smallest absolute Gasteiger partial charge is 0.220 e. The van der Waals surface area contributed by atoms with Crippen LogP contribution in [-0.2, 0) is 11.8 Å². The van der Waals surface area contributed by atoms with Crippen LogP contribution in [0.2, 0.25) is 0 Å². The van der Waals surface area contributed by atoms with Crippen LogP contribution >= 0.6 is 0 Å². The van der Waals surface area contributed by atoms with Crippen molar-refractivity contribution in [3.05, 3.63) is 78.4 Å². The second kappa shape index (κ2) is 10.3. The first kappa shape index (κ1) is 20.5. The number of carbonyl (C=O) groups excluding carboxylic acids is 1. The molecule has 1 atom stereocenters. The van der Waals surface area contributed by atoms with E-state index >= 15 is 0 Å². The lowest BCUT2D eigenvalue weighted by atomic mass is 10.1. The lowest BCUT2D eigenvalue weighted by Gasteiger charge is -2.19. The minimum absolute atomic E-state index is 0.0304. The molecule has 1 heterocycles. The quantitative estimate of drug-likeness (QED) is 0.531. The zero-order valence-corrected chi connectivity index (χ0v) is 16.9. The summed E-state index contributed by atoms with van der Waals surface area (Å²) in [6.45, 7) is 3.06. The number of ether oxygens (including phenoxy) is 2. The Labute approximate surface area is 171 Å². The summed E-state index contributed by atoms with van der Waals surface area (Å²) in [5.74, 6) is 2.36. The molecule has 0 aliphatic rings. The Bertz CT molecular complexity index is 891. The monoisotopic (exact) mass is 393 g/mol. The average Bonchev–Trinajstić information content (AvgIpc) is 3.17. The van der Waals surface area contributed by atoms with E-state index in [1.165, 1.54) is 0 Å². The fraction of sp³-hybridized carbons (Fsp3) is 0.304. The Kier molecular flexibility index (Phi) is 7.28. The van der Waals surface area contributed by atoms with Crippen molar-refractivity contribution >= 4 is 5.91 Å². The van der Waals surface area contributed by atoms with E-state index in [0.717, 1.165) is 22.9 Å². The van der Waals surface area contributed by atoms with Crippen molar-refractivity contribution in [2.24, 2.45) is 7.05 Å². The average molecular weight is 393 g/mol. The third kappa shape index (κ3) is 5.85. The lowest BCUT2D eigenvalue weighted by Crippen LogP contribution is -2.31. The van der Waals surface area contributed by atoms with E-state index in [0.29, 0.717) is 26.1 Å². The summed E-state index contributed by atoms with van der Waals surface area (Å²) in [5, 5.41) is 3.10. The molecule has 0 unspecified atom stereocenters. The van der Waals surface area contributed by atoms with Gasteiger partial charge >= 0.3 is 0 Å². The second-order valence-electron chi connectivity index (χ2n) is 6.66. The molecule has 3 aromatic rings. The minimum atomic E-state index is -0.282. The van der Waals surface area contributed by atoms with Crippen molar-refractivity contribution in [2.45, 2.75) is 25.8 Å². The maximum atomic E-state index is 12.5. The van der Waals surface area contributed by atoms with Gasteiger partial charge in [-0.15, -0.1) is 0 Å². The number of rotatable bonds is 10. The second-order valence-corrected chi connectivity index (χ2v) is 6.66. The maximum absolute atomic E-state index is 12.5. The van der Waals surface area contributed by atoms with Gasteiger partial charge in [0.2, 0.25) is 5.91 Å². The van der Waals surface area contributed by atoms with Gasteiger partial charge in [-0.1, -0.05) is 30.3 Å². The van der Waals surface area contributed by atoms with Gasteiger partial charge in [-0.3, -0.25) is 4.79 Å². The predicted octanol–water partition coefficient (Wildman–Crippen LogP) is 3.88. The number of amides is 1. The van der Waals surface area contributed by atoms with Crippen molar-refractivity contribution in [2.75, 3.05) is 13.2 Å². The molecule has 29 heavy (non-hydrogen) atoms. The van der Waals surface area contributed by atoms with Crippen molar-refractivity contribution in [3.8, 4) is 11.5 Å². The zero-order valence-electron chi connectivity index (χ0n) is 16.9. The molecule has 1 N–H and O–H groups in total. The third-order valence-corrected chi connectivity index (χ3v) is 4.51. The first-order valence-corrected chi connectivity index (χ1v) is 9.84. The summed E-state index contributed by atoms with van der Waals surface area (Å²) >= 11 is 0. The van der Waals surface area contributed by atoms with E-state index < -0.39 is 0 Å². The van der Waals surface area contributed by atoms with Crippen LogP contribution in [0.1, 0.15) is 37.2 Å². The highest BCUT2D eigenvalue weighted by Crippen LogP contribution is 2.21. The highest BCUT2D eigenvalue weighted by Gasteiger charge is 2.20. The van der Waals surface area contributed by atoms with Gasteiger partial charge in [-0.05, 0) is 43.2 Å². The molecule has 3 rings (SSSR count). The van der Waals surface area contributed by atoms with Gasteiger partial charge in [0, 0.05) is 25.9 Å². The molecule has 152 valence electrons. The van der Waals surface area contributed by atoms with Crippen molar-refractivity contribution in [1.29, 1.82) is 0 Å². The molecule has 0 saturated carbocycles. The molecule has 0 fully saturated rings. The van der Waals surface area contributed by atoms with Gasteiger partial charge in [0.1, 0.15) is 23.4 Å². The maximum Gasteiger partial charge on any atom is 0.220 e. The number of aromatic nitrogens is 2. The van der Waals surface area contributed by atoms with Crippen molar-refractivity contribution < 1.29 is 14.3 Å².